The van der Waals surface area contributed by atoms with Gasteiger partial charge in [-0.1, -0.05) is 26.0 Å². The highest BCUT2D eigenvalue weighted by molar-refractivity contribution is 5.45. The molecule has 18 heavy (non-hydrogen) atoms. The van der Waals surface area contributed by atoms with Crippen molar-refractivity contribution in [2.75, 3.05) is 31.7 Å². The summed E-state index contributed by atoms with van der Waals surface area (Å²) in [4.78, 5) is 0. The van der Waals surface area contributed by atoms with Gasteiger partial charge in [-0.3, -0.25) is 0 Å². The van der Waals surface area contributed by atoms with E-state index in [1.165, 1.54) is 5.56 Å². The number of ether oxygens (including phenoxy) is 1. The summed E-state index contributed by atoms with van der Waals surface area (Å²) in [7, 11) is 0. The Morgan fingerprint density at radius 2 is 2.00 bits per heavy atom. The molecule has 0 spiro atoms. The summed E-state index contributed by atoms with van der Waals surface area (Å²) in [5.74, 6) is 0.614. The molecule has 1 aromatic carbocycles. The van der Waals surface area contributed by atoms with Gasteiger partial charge in [0.05, 0.1) is 25.2 Å². The molecule has 0 radical (unpaired) electrons. The van der Waals surface area contributed by atoms with Gasteiger partial charge in [0.1, 0.15) is 0 Å². The molecular formula is C15H23NO2. The molecule has 0 saturated carbocycles. The Morgan fingerprint density at radius 1 is 1.33 bits per heavy atom. The normalized spacial score (nSPS) is 19.1. The van der Waals surface area contributed by atoms with Crippen molar-refractivity contribution in [1.82, 2.24) is 0 Å². The van der Waals surface area contributed by atoms with Crippen molar-refractivity contribution in [1.29, 1.82) is 0 Å². The van der Waals surface area contributed by atoms with Crippen LogP contribution >= 0.6 is 0 Å². The van der Waals surface area contributed by atoms with E-state index < -0.39 is 0 Å². The number of hydrogen-bond donors (Lipinski definition) is 2. The molecule has 0 aliphatic carbocycles. The third-order valence-corrected chi connectivity index (χ3v) is 3.91. The second-order valence-electron chi connectivity index (χ2n) is 5.44. The number of aliphatic hydroxyl groups is 1. The van der Waals surface area contributed by atoms with Crippen molar-refractivity contribution in [3.8, 4) is 0 Å². The highest BCUT2D eigenvalue weighted by Gasteiger charge is 2.37. The molecule has 2 N–H and O–H groups in total. The van der Waals surface area contributed by atoms with Crippen molar-refractivity contribution in [3.63, 3.8) is 0 Å². The topological polar surface area (TPSA) is 41.5 Å². The number of anilines is 1. The zero-order valence-electron chi connectivity index (χ0n) is 11.3. The van der Waals surface area contributed by atoms with Crippen molar-refractivity contribution >= 4 is 5.69 Å². The number of hydrogen-bond acceptors (Lipinski definition) is 3. The first-order valence-electron chi connectivity index (χ1n) is 6.71. The number of benzene rings is 1. The Bertz CT molecular complexity index is 365. The maximum absolute atomic E-state index is 9.34. The second-order valence-corrected chi connectivity index (χ2v) is 5.44. The zero-order valence-corrected chi connectivity index (χ0v) is 11.3. The van der Waals surface area contributed by atoms with Crippen LogP contribution in [0.2, 0.25) is 0 Å². The molecule has 1 fully saturated rings. The fourth-order valence-corrected chi connectivity index (χ4v) is 2.09. The number of nitrogens with one attached hydrogen (secondary N) is 1. The minimum absolute atomic E-state index is 0.0740. The van der Waals surface area contributed by atoms with Crippen LogP contribution in [0.1, 0.15) is 31.7 Å². The summed E-state index contributed by atoms with van der Waals surface area (Å²) >= 11 is 0. The molecule has 3 nitrogen and oxygen atoms in total. The van der Waals surface area contributed by atoms with Gasteiger partial charge in [0.2, 0.25) is 0 Å². The van der Waals surface area contributed by atoms with E-state index in [-0.39, 0.29) is 12.0 Å². The van der Waals surface area contributed by atoms with Crippen LogP contribution in [0.3, 0.4) is 0 Å². The van der Waals surface area contributed by atoms with Gasteiger partial charge in [-0.2, -0.15) is 0 Å². The van der Waals surface area contributed by atoms with E-state index in [9.17, 15) is 5.11 Å². The minimum atomic E-state index is -0.0740. The molecular weight excluding hydrogens is 226 g/mol. The summed E-state index contributed by atoms with van der Waals surface area (Å²) in [6.07, 6.45) is 1.16. The van der Waals surface area contributed by atoms with Crippen LogP contribution in [0.15, 0.2) is 24.3 Å². The fraction of sp³-hybridized carbons (Fsp3) is 0.600. The molecule has 100 valence electrons. The summed E-state index contributed by atoms with van der Waals surface area (Å²) in [5, 5.41) is 12.7. The minimum Gasteiger partial charge on any atom is -0.396 e. The molecule has 1 saturated heterocycles. The molecule has 1 aliphatic rings. The van der Waals surface area contributed by atoms with Crippen LogP contribution in [0.25, 0.3) is 0 Å². The molecule has 0 aromatic heterocycles. The lowest BCUT2D eigenvalue weighted by Crippen LogP contribution is -2.50. The van der Waals surface area contributed by atoms with E-state index in [1.807, 2.05) is 0 Å². The first-order chi connectivity index (χ1) is 8.69. The molecule has 1 heterocycles. The van der Waals surface area contributed by atoms with Gasteiger partial charge in [-0.25, -0.2) is 0 Å². The summed E-state index contributed by atoms with van der Waals surface area (Å²) in [6.45, 7) is 6.72. The highest BCUT2D eigenvalue weighted by Crippen LogP contribution is 2.27. The van der Waals surface area contributed by atoms with Crippen molar-refractivity contribution in [2.24, 2.45) is 5.41 Å². The molecule has 1 atom stereocenters. The predicted octanol–water partition coefficient (Wildman–Crippen LogP) is 2.62. The maximum atomic E-state index is 9.34. The van der Waals surface area contributed by atoms with Gasteiger partial charge >= 0.3 is 0 Å². The summed E-state index contributed by atoms with van der Waals surface area (Å²) in [5.41, 5.74) is 2.42. The van der Waals surface area contributed by atoms with E-state index in [0.717, 1.165) is 18.7 Å². The molecule has 2 rings (SSSR count). The van der Waals surface area contributed by atoms with E-state index in [2.05, 4.69) is 43.4 Å². The van der Waals surface area contributed by atoms with Crippen molar-refractivity contribution in [3.05, 3.63) is 29.8 Å². The van der Waals surface area contributed by atoms with Crippen LogP contribution in [0.5, 0.6) is 0 Å². The van der Waals surface area contributed by atoms with E-state index >= 15 is 0 Å². The summed E-state index contributed by atoms with van der Waals surface area (Å²) < 4.78 is 5.18. The average Bonchev–Trinajstić information content (AvgIpc) is 2.38. The van der Waals surface area contributed by atoms with Gasteiger partial charge in [-0.05, 0) is 30.0 Å². The standard InChI is InChI=1S/C15H23NO2/c1-3-12(2)13-4-6-14(7-5-13)16-8-15(9-17)10-18-11-15/h4-7,12,16-17H,3,8-11H2,1-2H3. The van der Waals surface area contributed by atoms with E-state index in [0.29, 0.717) is 19.1 Å². The van der Waals surface area contributed by atoms with Crippen LogP contribution in [0, 0.1) is 5.41 Å². The molecule has 0 bridgehead atoms. The number of aliphatic hydroxyl groups excluding tert-OH is 1. The first-order valence-corrected chi connectivity index (χ1v) is 6.71. The highest BCUT2D eigenvalue weighted by atomic mass is 16.5. The predicted molar refractivity (Wildman–Crippen MR) is 74.0 cm³/mol. The Hall–Kier alpha value is -1.06. The van der Waals surface area contributed by atoms with Crippen molar-refractivity contribution < 1.29 is 9.84 Å². The lowest BCUT2D eigenvalue weighted by Gasteiger charge is -2.40. The summed E-state index contributed by atoms with van der Waals surface area (Å²) in [6, 6.07) is 8.59. The SMILES string of the molecule is CCC(C)c1ccc(NCC2(CO)COC2)cc1. The molecule has 1 aromatic rings. The third kappa shape index (κ3) is 2.85. The lowest BCUT2D eigenvalue weighted by atomic mass is 9.87. The van der Waals surface area contributed by atoms with Crippen LogP contribution in [-0.2, 0) is 4.74 Å². The fourth-order valence-electron chi connectivity index (χ4n) is 2.09. The molecule has 0 amide bonds. The van der Waals surface area contributed by atoms with Gasteiger partial charge < -0.3 is 15.2 Å². The molecule has 1 unspecified atom stereocenters. The third-order valence-electron chi connectivity index (χ3n) is 3.91. The smallest absolute Gasteiger partial charge is 0.0584 e. The average molecular weight is 249 g/mol. The van der Waals surface area contributed by atoms with E-state index in [4.69, 9.17) is 4.74 Å². The van der Waals surface area contributed by atoms with E-state index in [1.54, 1.807) is 0 Å². The van der Waals surface area contributed by atoms with Crippen LogP contribution in [-0.4, -0.2) is 31.5 Å². The van der Waals surface area contributed by atoms with Gasteiger partial charge in [0, 0.05) is 12.2 Å². The van der Waals surface area contributed by atoms with Gasteiger partial charge in [-0.15, -0.1) is 0 Å². The first kappa shape index (κ1) is 13.4. The Morgan fingerprint density at radius 3 is 2.44 bits per heavy atom. The van der Waals surface area contributed by atoms with Crippen molar-refractivity contribution in [2.45, 2.75) is 26.2 Å². The monoisotopic (exact) mass is 249 g/mol. The molecule has 1 aliphatic heterocycles. The number of rotatable bonds is 6. The largest absolute Gasteiger partial charge is 0.396 e. The van der Waals surface area contributed by atoms with Crippen LogP contribution < -0.4 is 5.32 Å². The van der Waals surface area contributed by atoms with Gasteiger partial charge in [0.25, 0.3) is 0 Å². The second kappa shape index (κ2) is 5.72. The Labute approximate surface area is 109 Å². The quantitative estimate of drug-likeness (QED) is 0.814. The maximum Gasteiger partial charge on any atom is 0.0584 e. The Balaban J connectivity index is 1.90. The van der Waals surface area contributed by atoms with Gasteiger partial charge in [0.15, 0.2) is 0 Å². The molecule has 3 heteroatoms. The lowest BCUT2D eigenvalue weighted by molar-refractivity contribution is -0.128. The van der Waals surface area contributed by atoms with Crippen LogP contribution in [0.4, 0.5) is 5.69 Å². The Kier molecular flexibility index (Phi) is 4.25. The zero-order chi connectivity index (χ0) is 13.0.